The highest BCUT2D eigenvalue weighted by atomic mass is 32.2. The van der Waals surface area contributed by atoms with E-state index in [1.807, 2.05) is 6.92 Å². The van der Waals surface area contributed by atoms with Crippen LogP contribution in [0.4, 0.5) is 0 Å². The topological polar surface area (TPSA) is 54.5 Å². The van der Waals surface area contributed by atoms with Crippen LogP contribution in [-0.2, 0) is 14.6 Å². The molecule has 1 saturated heterocycles. The van der Waals surface area contributed by atoms with Crippen molar-refractivity contribution in [3.05, 3.63) is 0 Å². The highest BCUT2D eigenvalue weighted by Crippen LogP contribution is 2.11. The Morgan fingerprint density at radius 1 is 1.50 bits per heavy atom. The van der Waals surface area contributed by atoms with Crippen molar-refractivity contribution in [2.24, 2.45) is 0 Å². The molecule has 1 fully saturated rings. The molecule has 0 aromatic heterocycles. The molecule has 14 heavy (non-hydrogen) atoms. The second kappa shape index (κ2) is 4.40. The van der Waals surface area contributed by atoms with Crippen LogP contribution < -0.4 is 0 Å². The zero-order valence-electron chi connectivity index (χ0n) is 8.69. The third kappa shape index (κ3) is 3.38. The fraction of sp³-hybridized carbons (Fsp3) is 0.889. The smallest absolute Gasteiger partial charge is 0.153 e. The Kier molecular flexibility index (Phi) is 3.66. The fourth-order valence-corrected chi connectivity index (χ4v) is 3.29. The Morgan fingerprint density at radius 3 is 2.64 bits per heavy atom. The number of Topliss-reactive ketones (excluding diaryl/α,β-unsaturated/α-hetero) is 1. The molecule has 0 saturated carbocycles. The van der Waals surface area contributed by atoms with Crippen molar-refractivity contribution >= 4 is 15.6 Å². The predicted octanol–water partition coefficient (Wildman–Crippen LogP) is 0.0844. The van der Waals surface area contributed by atoms with E-state index in [-0.39, 0.29) is 23.3 Å². The molecular weight excluding hydrogens is 202 g/mol. The van der Waals surface area contributed by atoms with Crippen LogP contribution in [0, 0.1) is 0 Å². The van der Waals surface area contributed by atoms with Crippen LogP contribution in [0.1, 0.15) is 20.3 Å². The van der Waals surface area contributed by atoms with Crippen LogP contribution in [0.15, 0.2) is 0 Å². The third-order valence-corrected chi connectivity index (χ3v) is 4.35. The summed E-state index contributed by atoms with van der Waals surface area (Å²) in [6.45, 7) is 4.71. The van der Waals surface area contributed by atoms with Crippen LogP contribution in [0.2, 0.25) is 0 Å². The molecule has 0 aromatic carbocycles. The molecule has 0 aromatic rings. The lowest BCUT2D eigenvalue weighted by atomic mass is 10.2. The van der Waals surface area contributed by atoms with E-state index in [4.69, 9.17) is 0 Å². The van der Waals surface area contributed by atoms with E-state index in [0.29, 0.717) is 19.5 Å². The quantitative estimate of drug-likeness (QED) is 0.675. The van der Waals surface area contributed by atoms with Crippen LogP contribution in [-0.4, -0.2) is 49.7 Å². The zero-order chi connectivity index (χ0) is 10.8. The van der Waals surface area contributed by atoms with Crippen LogP contribution in [0.5, 0.6) is 0 Å². The first-order valence-corrected chi connectivity index (χ1v) is 6.67. The number of ketones is 1. The molecule has 4 nitrogen and oxygen atoms in total. The van der Waals surface area contributed by atoms with Crippen molar-refractivity contribution in [2.75, 3.05) is 24.6 Å². The van der Waals surface area contributed by atoms with Crippen molar-refractivity contribution in [3.8, 4) is 0 Å². The first-order chi connectivity index (χ1) is 6.41. The maximum atomic E-state index is 11.3. The van der Waals surface area contributed by atoms with Gasteiger partial charge in [-0.25, -0.2) is 8.42 Å². The summed E-state index contributed by atoms with van der Waals surface area (Å²) in [5, 5.41) is 0. The number of nitrogens with zero attached hydrogens (tertiary/aromatic N) is 1. The normalized spacial score (nSPS) is 27.4. The van der Waals surface area contributed by atoms with Gasteiger partial charge in [0.05, 0.1) is 11.5 Å². The molecule has 1 heterocycles. The molecule has 0 N–H and O–H groups in total. The lowest BCUT2D eigenvalue weighted by Crippen LogP contribution is -2.47. The molecule has 0 radical (unpaired) electrons. The van der Waals surface area contributed by atoms with Crippen molar-refractivity contribution in [2.45, 2.75) is 26.3 Å². The molecule has 1 aliphatic rings. The van der Waals surface area contributed by atoms with E-state index in [2.05, 4.69) is 4.90 Å². The Labute approximate surface area is 85.2 Å². The van der Waals surface area contributed by atoms with E-state index < -0.39 is 9.84 Å². The summed E-state index contributed by atoms with van der Waals surface area (Å²) < 4.78 is 22.5. The minimum atomic E-state index is -2.83. The molecule has 1 rings (SSSR count). The van der Waals surface area contributed by atoms with E-state index in [1.165, 1.54) is 0 Å². The minimum absolute atomic E-state index is 0.0492. The number of sulfone groups is 1. The summed E-state index contributed by atoms with van der Waals surface area (Å²) >= 11 is 0. The van der Waals surface area contributed by atoms with Gasteiger partial charge in [0.25, 0.3) is 0 Å². The first-order valence-electron chi connectivity index (χ1n) is 4.84. The summed E-state index contributed by atoms with van der Waals surface area (Å²) in [7, 11) is -2.83. The van der Waals surface area contributed by atoms with Crippen molar-refractivity contribution < 1.29 is 13.2 Å². The average Bonchev–Trinajstić information content (AvgIpc) is 2.00. The second-order valence-corrected chi connectivity index (χ2v) is 6.18. The highest BCUT2D eigenvalue weighted by molar-refractivity contribution is 7.91. The standard InChI is InChI=1S/C9H17NO3S/c1-8-7-14(12,13)6-5-10(8)4-3-9(2)11/h8H,3-7H2,1-2H3. The van der Waals surface area contributed by atoms with Gasteiger partial charge in [-0.15, -0.1) is 0 Å². The summed E-state index contributed by atoms with van der Waals surface area (Å²) in [5.74, 6) is 0.616. The number of rotatable bonds is 3. The molecule has 5 heteroatoms. The molecule has 0 bridgehead atoms. The molecular formula is C9H17NO3S. The van der Waals surface area contributed by atoms with Gasteiger partial charge in [-0.2, -0.15) is 0 Å². The Balaban J connectivity index is 2.46. The maximum Gasteiger partial charge on any atom is 0.153 e. The van der Waals surface area contributed by atoms with Gasteiger partial charge in [-0.3, -0.25) is 9.69 Å². The maximum absolute atomic E-state index is 11.3. The molecule has 1 unspecified atom stereocenters. The van der Waals surface area contributed by atoms with E-state index in [1.54, 1.807) is 6.92 Å². The minimum Gasteiger partial charge on any atom is -0.300 e. The van der Waals surface area contributed by atoms with Gasteiger partial charge in [-0.1, -0.05) is 0 Å². The van der Waals surface area contributed by atoms with Gasteiger partial charge in [0.1, 0.15) is 5.78 Å². The SMILES string of the molecule is CC(=O)CCN1CCS(=O)(=O)CC1C. The fourth-order valence-electron chi connectivity index (χ4n) is 1.67. The zero-order valence-corrected chi connectivity index (χ0v) is 9.51. The summed E-state index contributed by atoms with van der Waals surface area (Å²) in [5.41, 5.74) is 0. The Bertz CT molecular complexity index is 310. The van der Waals surface area contributed by atoms with Crippen LogP contribution in [0.3, 0.4) is 0 Å². The highest BCUT2D eigenvalue weighted by Gasteiger charge is 2.27. The largest absolute Gasteiger partial charge is 0.300 e. The summed E-state index contributed by atoms with van der Waals surface area (Å²) in [4.78, 5) is 12.8. The van der Waals surface area contributed by atoms with E-state index >= 15 is 0 Å². The monoisotopic (exact) mass is 219 g/mol. The summed E-state index contributed by atoms with van der Waals surface area (Å²) in [6, 6.07) is 0.0492. The lowest BCUT2D eigenvalue weighted by Gasteiger charge is -2.32. The first kappa shape index (κ1) is 11.7. The number of carbonyl (C=O) groups is 1. The Morgan fingerprint density at radius 2 is 2.14 bits per heavy atom. The van der Waals surface area contributed by atoms with Crippen molar-refractivity contribution in [3.63, 3.8) is 0 Å². The third-order valence-electron chi connectivity index (χ3n) is 2.56. The number of hydrogen-bond acceptors (Lipinski definition) is 4. The molecule has 82 valence electrons. The van der Waals surface area contributed by atoms with Gasteiger partial charge >= 0.3 is 0 Å². The van der Waals surface area contributed by atoms with E-state index in [0.717, 1.165) is 0 Å². The number of hydrogen-bond donors (Lipinski definition) is 0. The van der Waals surface area contributed by atoms with Gasteiger partial charge in [0, 0.05) is 25.6 Å². The Hall–Kier alpha value is -0.420. The van der Waals surface area contributed by atoms with Gasteiger partial charge < -0.3 is 0 Å². The molecule has 1 atom stereocenters. The van der Waals surface area contributed by atoms with Crippen molar-refractivity contribution in [1.29, 1.82) is 0 Å². The van der Waals surface area contributed by atoms with Gasteiger partial charge in [-0.05, 0) is 13.8 Å². The molecule has 1 aliphatic heterocycles. The number of carbonyl (C=O) groups excluding carboxylic acids is 1. The van der Waals surface area contributed by atoms with Crippen LogP contribution in [0.25, 0.3) is 0 Å². The predicted molar refractivity (Wildman–Crippen MR) is 55.0 cm³/mol. The molecule has 0 aliphatic carbocycles. The molecule has 0 amide bonds. The lowest BCUT2D eigenvalue weighted by molar-refractivity contribution is -0.117. The van der Waals surface area contributed by atoms with E-state index in [9.17, 15) is 13.2 Å². The van der Waals surface area contributed by atoms with Crippen molar-refractivity contribution in [1.82, 2.24) is 4.90 Å². The summed E-state index contributed by atoms with van der Waals surface area (Å²) in [6.07, 6.45) is 0.518. The van der Waals surface area contributed by atoms with Gasteiger partial charge in [0.2, 0.25) is 0 Å². The molecule has 0 spiro atoms. The average molecular weight is 219 g/mol. The second-order valence-electron chi connectivity index (χ2n) is 3.95. The van der Waals surface area contributed by atoms with Crippen LogP contribution >= 0.6 is 0 Å². The van der Waals surface area contributed by atoms with Gasteiger partial charge in [0.15, 0.2) is 9.84 Å².